The molecule has 0 saturated heterocycles. The van der Waals surface area contributed by atoms with Crippen LogP contribution in [0.4, 0.5) is 4.79 Å². The van der Waals surface area contributed by atoms with Crippen LogP contribution in [0.25, 0.3) is 11.0 Å². The van der Waals surface area contributed by atoms with E-state index in [0.717, 1.165) is 11.0 Å². The summed E-state index contributed by atoms with van der Waals surface area (Å²) in [6.45, 7) is 5.30. The highest BCUT2D eigenvalue weighted by molar-refractivity contribution is 6.31. The highest BCUT2D eigenvalue weighted by atomic mass is 35.5. The summed E-state index contributed by atoms with van der Waals surface area (Å²) < 4.78 is 5.38. The first kappa shape index (κ1) is 16.6. The van der Waals surface area contributed by atoms with Crippen LogP contribution < -0.4 is 5.32 Å². The Hall–Kier alpha value is -1.79. The number of aromatic nitrogens is 2. The van der Waals surface area contributed by atoms with Crippen molar-refractivity contribution < 1.29 is 9.53 Å². The molecule has 2 N–H and O–H groups in total. The molecular formula is C15H21ClN4O2. The SMILES string of the molecule is CC(C)OCCNC(=O)N(C)Cc1nc2ccc(Cl)cc2[nH]1. The third-order valence-corrected chi connectivity index (χ3v) is 3.29. The minimum atomic E-state index is -0.161. The normalized spacial score (nSPS) is 11.1. The number of carbonyl (C=O) groups excluding carboxylic acids is 1. The van der Waals surface area contributed by atoms with Gasteiger partial charge < -0.3 is 19.9 Å². The first-order chi connectivity index (χ1) is 10.5. The van der Waals surface area contributed by atoms with Crippen LogP contribution in [0.1, 0.15) is 19.7 Å². The van der Waals surface area contributed by atoms with Crippen molar-refractivity contribution in [2.75, 3.05) is 20.2 Å². The molecule has 0 aliphatic carbocycles. The molecule has 0 spiro atoms. The van der Waals surface area contributed by atoms with E-state index in [1.54, 1.807) is 18.0 Å². The Labute approximate surface area is 134 Å². The fourth-order valence-electron chi connectivity index (χ4n) is 1.99. The number of H-pyrrole nitrogens is 1. The Morgan fingerprint density at radius 1 is 1.50 bits per heavy atom. The molecule has 0 aliphatic rings. The van der Waals surface area contributed by atoms with E-state index in [0.29, 0.717) is 30.5 Å². The van der Waals surface area contributed by atoms with Gasteiger partial charge in [0.1, 0.15) is 5.82 Å². The lowest BCUT2D eigenvalue weighted by Crippen LogP contribution is -2.38. The molecule has 22 heavy (non-hydrogen) atoms. The summed E-state index contributed by atoms with van der Waals surface area (Å²) in [5.41, 5.74) is 1.69. The molecule has 0 unspecified atom stereocenters. The van der Waals surface area contributed by atoms with Crippen molar-refractivity contribution in [1.82, 2.24) is 20.2 Å². The molecule has 6 nitrogen and oxygen atoms in total. The lowest BCUT2D eigenvalue weighted by Gasteiger charge is -2.17. The Bertz CT molecular complexity index is 642. The Balaban J connectivity index is 1.86. The van der Waals surface area contributed by atoms with Gasteiger partial charge in [-0.05, 0) is 32.0 Å². The van der Waals surface area contributed by atoms with E-state index in [1.165, 1.54) is 0 Å². The summed E-state index contributed by atoms with van der Waals surface area (Å²) in [5, 5.41) is 3.45. The van der Waals surface area contributed by atoms with E-state index in [9.17, 15) is 4.79 Å². The Morgan fingerprint density at radius 2 is 2.27 bits per heavy atom. The van der Waals surface area contributed by atoms with Crippen molar-refractivity contribution in [3.8, 4) is 0 Å². The second-order valence-electron chi connectivity index (χ2n) is 5.35. The third-order valence-electron chi connectivity index (χ3n) is 3.06. The van der Waals surface area contributed by atoms with E-state index in [1.807, 2.05) is 26.0 Å². The average molecular weight is 325 g/mol. The predicted octanol–water partition coefficient (Wildman–Crippen LogP) is 2.78. The monoisotopic (exact) mass is 324 g/mol. The lowest BCUT2D eigenvalue weighted by atomic mass is 10.3. The number of imidazole rings is 1. The molecule has 120 valence electrons. The molecule has 1 aromatic heterocycles. The number of amides is 2. The van der Waals surface area contributed by atoms with E-state index in [2.05, 4.69) is 15.3 Å². The maximum absolute atomic E-state index is 12.0. The van der Waals surface area contributed by atoms with E-state index in [-0.39, 0.29) is 12.1 Å². The molecular weight excluding hydrogens is 304 g/mol. The quantitative estimate of drug-likeness (QED) is 0.803. The molecule has 1 aromatic carbocycles. The van der Waals surface area contributed by atoms with Gasteiger partial charge >= 0.3 is 6.03 Å². The van der Waals surface area contributed by atoms with Gasteiger partial charge in [0, 0.05) is 18.6 Å². The van der Waals surface area contributed by atoms with Gasteiger partial charge in [-0.15, -0.1) is 0 Å². The summed E-state index contributed by atoms with van der Waals surface area (Å²) in [5.74, 6) is 0.716. The average Bonchev–Trinajstić information content (AvgIpc) is 2.84. The molecule has 0 aliphatic heterocycles. The fourth-order valence-corrected chi connectivity index (χ4v) is 2.17. The zero-order chi connectivity index (χ0) is 16.1. The number of halogens is 1. The van der Waals surface area contributed by atoms with Gasteiger partial charge in [0.2, 0.25) is 0 Å². The van der Waals surface area contributed by atoms with Crippen LogP contribution in [0.15, 0.2) is 18.2 Å². The van der Waals surface area contributed by atoms with E-state index < -0.39 is 0 Å². The fraction of sp³-hybridized carbons (Fsp3) is 0.467. The highest BCUT2D eigenvalue weighted by Crippen LogP contribution is 2.17. The second kappa shape index (κ2) is 7.47. The van der Waals surface area contributed by atoms with Gasteiger partial charge in [-0.1, -0.05) is 11.6 Å². The Kier molecular flexibility index (Phi) is 5.63. The van der Waals surface area contributed by atoms with Crippen LogP contribution in [0.5, 0.6) is 0 Å². The first-order valence-electron chi connectivity index (χ1n) is 7.20. The van der Waals surface area contributed by atoms with Crippen molar-refractivity contribution in [2.24, 2.45) is 0 Å². The topological polar surface area (TPSA) is 70.2 Å². The summed E-state index contributed by atoms with van der Waals surface area (Å²) >= 11 is 5.94. The van der Waals surface area contributed by atoms with E-state index >= 15 is 0 Å². The molecule has 7 heteroatoms. The molecule has 0 radical (unpaired) electrons. The molecule has 2 aromatic rings. The number of rotatable bonds is 6. The van der Waals surface area contributed by atoms with Gasteiger partial charge in [0.15, 0.2) is 0 Å². The number of nitrogens with zero attached hydrogens (tertiary/aromatic N) is 2. The van der Waals surface area contributed by atoms with Crippen molar-refractivity contribution >= 4 is 28.7 Å². The molecule has 1 heterocycles. The van der Waals surface area contributed by atoms with Crippen LogP contribution in [-0.2, 0) is 11.3 Å². The maximum Gasteiger partial charge on any atom is 0.317 e. The van der Waals surface area contributed by atoms with Gasteiger partial charge in [-0.25, -0.2) is 9.78 Å². The summed E-state index contributed by atoms with van der Waals surface area (Å²) in [7, 11) is 1.72. The van der Waals surface area contributed by atoms with Crippen molar-refractivity contribution in [3.63, 3.8) is 0 Å². The van der Waals surface area contributed by atoms with Gasteiger partial charge in [0.05, 0.1) is 30.3 Å². The molecule has 2 rings (SSSR count). The van der Waals surface area contributed by atoms with Crippen molar-refractivity contribution in [2.45, 2.75) is 26.5 Å². The number of hydrogen-bond acceptors (Lipinski definition) is 3. The minimum absolute atomic E-state index is 0.161. The predicted molar refractivity (Wildman–Crippen MR) is 87.1 cm³/mol. The van der Waals surface area contributed by atoms with Crippen LogP contribution in [-0.4, -0.2) is 47.2 Å². The number of hydrogen-bond donors (Lipinski definition) is 2. The maximum atomic E-state index is 12.0. The number of carbonyl (C=O) groups is 1. The van der Waals surface area contributed by atoms with E-state index in [4.69, 9.17) is 16.3 Å². The number of urea groups is 1. The third kappa shape index (κ3) is 4.61. The summed E-state index contributed by atoms with van der Waals surface area (Å²) in [6, 6.07) is 5.29. The van der Waals surface area contributed by atoms with Gasteiger partial charge in [-0.3, -0.25) is 0 Å². The number of fused-ring (bicyclic) bond motifs is 1. The summed E-state index contributed by atoms with van der Waals surface area (Å²) in [6.07, 6.45) is 0.164. The number of aromatic amines is 1. The van der Waals surface area contributed by atoms with Gasteiger partial charge in [0.25, 0.3) is 0 Å². The number of benzene rings is 1. The number of nitrogens with one attached hydrogen (secondary N) is 2. The first-order valence-corrected chi connectivity index (χ1v) is 7.58. The molecule has 0 atom stereocenters. The Morgan fingerprint density at radius 3 is 3.00 bits per heavy atom. The molecule has 0 saturated carbocycles. The van der Waals surface area contributed by atoms with Gasteiger partial charge in [-0.2, -0.15) is 0 Å². The van der Waals surface area contributed by atoms with Crippen molar-refractivity contribution in [1.29, 1.82) is 0 Å². The zero-order valence-electron chi connectivity index (χ0n) is 13.0. The molecule has 2 amide bonds. The zero-order valence-corrected chi connectivity index (χ0v) is 13.8. The van der Waals surface area contributed by atoms with Crippen molar-refractivity contribution in [3.05, 3.63) is 29.0 Å². The minimum Gasteiger partial charge on any atom is -0.377 e. The highest BCUT2D eigenvalue weighted by Gasteiger charge is 2.11. The molecule has 0 bridgehead atoms. The van der Waals surface area contributed by atoms with Crippen LogP contribution in [0.2, 0.25) is 5.02 Å². The smallest absolute Gasteiger partial charge is 0.317 e. The van der Waals surface area contributed by atoms with Crippen LogP contribution in [0, 0.1) is 0 Å². The lowest BCUT2D eigenvalue weighted by molar-refractivity contribution is 0.0809. The molecule has 0 fully saturated rings. The second-order valence-corrected chi connectivity index (χ2v) is 5.79. The summed E-state index contributed by atoms with van der Waals surface area (Å²) in [4.78, 5) is 21.1. The standard InChI is InChI=1S/C15H21ClN4O2/c1-10(2)22-7-6-17-15(21)20(3)9-14-18-12-5-4-11(16)8-13(12)19-14/h4-5,8,10H,6-7,9H2,1-3H3,(H,17,21)(H,18,19). The largest absolute Gasteiger partial charge is 0.377 e. The number of ether oxygens (including phenoxy) is 1. The van der Waals surface area contributed by atoms with Crippen LogP contribution in [0.3, 0.4) is 0 Å². The van der Waals surface area contributed by atoms with Crippen LogP contribution >= 0.6 is 11.6 Å².